The van der Waals surface area contributed by atoms with Crippen LogP contribution in [0, 0.1) is 0 Å². The molecule has 0 saturated carbocycles. The molecule has 1 unspecified atom stereocenters. The maximum Gasteiger partial charge on any atom is 0.194 e. The zero-order chi connectivity index (χ0) is 13.8. The number of fused-ring (bicyclic) bond motifs is 2. The summed E-state index contributed by atoms with van der Waals surface area (Å²) < 4.78 is 0. The zero-order valence-electron chi connectivity index (χ0n) is 10.3. The van der Waals surface area contributed by atoms with Gasteiger partial charge in [0.05, 0.1) is 11.2 Å². The van der Waals surface area contributed by atoms with Gasteiger partial charge >= 0.3 is 0 Å². The third-order valence-electron chi connectivity index (χ3n) is 3.43. The molecule has 0 spiro atoms. The lowest BCUT2D eigenvalue weighted by Crippen LogP contribution is -2.35. The van der Waals surface area contributed by atoms with E-state index in [0.717, 1.165) is 0 Å². The highest BCUT2D eigenvalue weighted by Crippen LogP contribution is 2.39. The fourth-order valence-corrected chi connectivity index (χ4v) is 2.60. The molecule has 96 valence electrons. The molecule has 1 atom stereocenters. The molecule has 2 aliphatic carbocycles. The minimum Gasteiger partial charge on any atom is -0.507 e. The van der Waals surface area contributed by atoms with Crippen LogP contribution < -0.4 is 0 Å². The Balaban J connectivity index is 2.34. The predicted molar refractivity (Wildman–Crippen MR) is 68.7 cm³/mol. The van der Waals surface area contributed by atoms with Crippen LogP contribution in [0.25, 0.3) is 5.76 Å². The molecule has 3 rings (SSSR count). The second-order valence-electron chi connectivity index (χ2n) is 5.11. The van der Waals surface area contributed by atoms with E-state index in [1.807, 2.05) is 0 Å². The summed E-state index contributed by atoms with van der Waals surface area (Å²) in [6.07, 6.45) is 1.23. The predicted octanol–water partition coefficient (Wildman–Crippen LogP) is 1.80. The molecule has 0 radical (unpaired) electrons. The molecule has 4 nitrogen and oxygen atoms in total. The minimum atomic E-state index is -1.35. The van der Waals surface area contributed by atoms with E-state index < -0.39 is 11.4 Å². The SMILES string of the molecule is CC1(O)C=C2C(=O)c3ccccc3C(O)=C2C(=O)C1. The van der Waals surface area contributed by atoms with E-state index in [1.54, 1.807) is 24.3 Å². The van der Waals surface area contributed by atoms with E-state index in [0.29, 0.717) is 11.1 Å². The van der Waals surface area contributed by atoms with Gasteiger partial charge in [-0.05, 0) is 13.0 Å². The third kappa shape index (κ3) is 1.64. The number of carbonyl (C=O) groups is 2. The van der Waals surface area contributed by atoms with Crippen LogP contribution in [0.3, 0.4) is 0 Å². The molecule has 2 aliphatic rings. The van der Waals surface area contributed by atoms with E-state index in [4.69, 9.17) is 0 Å². The Morgan fingerprint density at radius 1 is 1.16 bits per heavy atom. The Hall–Kier alpha value is -2.20. The molecule has 1 aromatic rings. The molecule has 4 heteroatoms. The van der Waals surface area contributed by atoms with Crippen molar-refractivity contribution < 1.29 is 19.8 Å². The number of benzene rings is 1. The van der Waals surface area contributed by atoms with Crippen LogP contribution in [0.15, 0.2) is 41.5 Å². The first-order valence-corrected chi connectivity index (χ1v) is 5.97. The summed E-state index contributed by atoms with van der Waals surface area (Å²) in [5.74, 6) is -0.929. The molecule has 0 bridgehead atoms. The quantitative estimate of drug-likeness (QED) is 0.742. The standard InChI is InChI=1S/C15H12O4/c1-15(19)6-10-12(11(16)7-15)14(18)9-5-3-2-4-8(9)13(10)17/h2-6,18-19H,7H2,1H3. The molecule has 0 amide bonds. The Bertz CT molecular complexity index is 677. The van der Waals surface area contributed by atoms with Gasteiger partial charge in [-0.25, -0.2) is 0 Å². The second-order valence-corrected chi connectivity index (χ2v) is 5.11. The lowest BCUT2D eigenvalue weighted by molar-refractivity contribution is -0.118. The molecule has 2 N–H and O–H groups in total. The van der Waals surface area contributed by atoms with Gasteiger partial charge in [0, 0.05) is 23.1 Å². The molecule has 0 aliphatic heterocycles. The normalized spacial score (nSPS) is 25.9. The Morgan fingerprint density at radius 2 is 1.79 bits per heavy atom. The van der Waals surface area contributed by atoms with Crippen LogP contribution in [0.1, 0.15) is 29.3 Å². The van der Waals surface area contributed by atoms with Gasteiger partial charge in [0.15, 0.2) is 11.6 Å². The van der Waals surface area contributed by atoms with Crippen molar-refractivity contribution >= 4 is 17.3 Å². The summed E-state index contributed by atoms with van der Waals surface area (Å²) in [7, 11) is 0. The van der Waals surface area contributed by atoms with E-state index in [-0.39, 0.29) is 29.1 Å². The smallest absolute Gasteiger partial charge is 0.194 e. The molecule has 0 fully saturated rings. The van der Waals surface area contributed by atoms with Gasteiger partial charge in [0.25, 0.3) is 0 Å². The molecule has 0 heterocycles. The van der Waals surface area contributed by atoms with E-state index >= 15 is 0 Å². The summed E-state index contributed by atoms with van der Waals surface area (Å²) >= 11 is 0. The number of hydrogen-bond donors (Lipinski definition) is 2. The van der Waals surface area contributed by atoms with E-state index in [1.165, 1.54) is 13.0 Å². The fourth-order valence-electron chi connectivity index (χ4n) is 2.60. The van der Waals surface area contributed by atoms with Crippen molar-refractivity contribution in [1.82, 2.24) is 0 Å². The second kappa shape index (κ2) is 3.65. The summed E-state index contributed by atoms with van der Waals surface area (Å²) in [6, 6.07) is 6.59. The highest BCUT2D eigenvalue weighted by Gasteiger charge is 2.40. The van der Waals surface area contributed by atoms with Gasteiger partial charge in [-0.15, -0.1) is 0 Å². The number of aliphatic hydroxyl groups is 2. The van der Waals surface area contributed by atoms with Crippen molar-refractivity contribution in [2.24, 2.45) is 0 Å². The number of ketones is 2. The number of Topliss-reactive ketones (excluding diaryl/α,β-unsaturated/α-hetero) is 2. The van der Waals surface area contributed by atoms with Crippen molar-refractivity contribution in [2.75, 3.05) is 0 Å². The first-order chi connectivity index (χ1) is 8.91. The average Bonchev–Trinajstić information content (AvgIpc) is 2.34. The summed E-state index contributed by atoms with van der Waals surface area (Å²) in [5.41, 5.74) is -0.513. The first-order valence-electron chi connectivity index (χ1n) is 5.97. The van der Waals surface area contributed by atoms with Crippen molar-refractivity contribution in [3.63, 3.8) is 0 Å². The number of carbonyl (C=O) groups excluding carboxylic acids is 2. The average molecular weight is 256 g/mol. The zero-order valence-corrected chi connectivity index (χ0v) is 10.3. The van der Waals surface area contributed by atoms with E-state index in [2.05, 4.69) is 0 Å². The molecule has 0 aromatic heterocycles. The number of rotatable bonds is 0. The monoisotopic (exact) mass is 256 g/mol. The number of hydrogen-bond acceptors (Lipinski definition) is 4. The molecule has 1 aromatic carbocycles. The first kappa shape index (κ1) is 11.9. The molecule has 0 saturated heterocycles. The molecule has 19 heavy (non-hydrogen) atoms. The topological polar surface area (TPSA) is 74.6 Å². The fraction of sp³-hybridized carbons (Fsp3) is 0.200. The Kier molecular flexibility index (Phi) is 2.28. The largest absolute Gasteiger partial charge is 0.507 e. The van der Waals surface area contributed by atoms with Crippen molar-refractivity contribution in [2.45, 2.75) is 18.9 Å². The number of aliphatic hydroxyl groups excluding tert-OH is 1. The van der Waals surface area contributed by atoms with Crippen LogP contribution in [-0.4, -0.2) is 27.4 Å². The maximum absolute atomic E-state index is 12.4. The number of allylic oxidation sites excluding steroid dienone is 2. The van der Waals surface area contributed by atoms with E-state index in [9.17, 15) is 19.8 Å². The van der Waals surface area contributed by atoms with Crippen LogP contribution in [0.5, 0.6) is 0 Å². The van der Waals surface area contributed by atoms with Crippen molar-refractivity contribution in [3.8, 4) is 0 Å². The van der Waals surface area contributed by atoms with Crippen LogP contribution in [0.2, 0.25) is 0 Å². The van der Waals surface area contributed by atoms with Crippen LogP contribution in [-0.2, 0) is 4.79 Å². The van der Waals surface area contributed by atoms with Gasteiger partial charge in [-0.1, -0.05) is 24.3 Å². The Labute approximate surface area is 109 Å². The van der Waals surface area contributed by atoms with Gasteiger partial charge in [0.2, 0.25) is 0 Å². The maximum atomic E-state index is 12.4. The third-order valence-corrected chi connectivity index (χ3v) is 3.43. The van der Waals surface area contributed by atoms with Crippen molar-refractivity contribution in [1.29, 1.82) is 0 Å². The summed E-state index contributed by atoms with van der Waals surface area (Å²) in [6.45, 7) is 1.47. The minimum absolute atomic E-state index is 0.0234. The van der Waals surface area contributed by atoms with Gasteiger partial charge in [0.1, 0.15) is 5.76 Å². The Morgan fingerprint density at radius 3 is 2.47 bits per heavy atom. The lowest BCUT2D eigenvalue weighted by atomic mass is 9.75. The van der Waals surface area contributed by atoms with Crippen molar-refractivity contribution in [3.05, 3.63) is 52.6 Å². The summed E-state index contributed by atoms with van der Waals surface area (Å²) in [5, 5.41) is 20.2. The highest BCUT2D eigenvalue weighted by molar-refractivity contribution is 6.26. The molecular weight excluding hydrogens is 244 g/mol. The summed E-state index contributed by atoms with van der Waals surface area (Å²) in [4.78, 5) is 24.4. The van der Waals surface area contributed by atoms with Crippen LogP contribution in [0.4, 0.5) is 0 Å². The van der Waals surface area contributed by atoms with Gasteiger partial charge in [-0.3, -0.25) is 9.59 Å². The lowest BCUT2D eigenvalue weighted by Gasteiger charge is -2.30. The van der Waals surface area contributed by atoms with Crippen LogP contribution >= 0.6 is 0 Å². The molecular formula is C15H12O4. The van der Waals surface area contributed by atoms with Gasteiger partial charge in [-0.2, -0.15) is 0 Å². The highest BCUT2D eigenvalue weighted by atomic mass is 16.3. The van der Waals surface area contributed by atoms with Gasteiger partial charge < -0.3 is 10.2 Å².